The Morgan fingerprint density at radius 1 is 1.05 bits per heavy atom. The molecule has 0 unspecified atom stereocenters. The van der Waals surface area contributed by atoms with Gasteiger partial charge in [0.15, 0.2) is 0 Å². The molecule has 0 amide bonds. The van der Waals surface area contributed by atoms with Gasteiger partial charge in [0, 0.05) is 24.1 Å². The lowest BCUT2D eigenvalue weighted by Crippen LogP contribution is -1.98. The van der Waals surface area contributed by atoms with Crippen molar-refractivity contribution < 1.29 is 14.5 Å². The second-order valence-electron chi connectivity index (χ2n) is 4.57. The first-order chi connectivity index (χ1) is 10.6. The summed E-state index contributed by atoms with van der Waals surface area (Å²) in [6.45, 7) is 0. The number of hydrogen-bond donors (Lipinski definition) is 0. The van der Waals surface area contributed by atoms with Gasteiger partial charge in [-0.2, -0.15) is 0 Å². The lowest BCUT2D eigenvalue weighted by Gasteiger charge is -2.03. The van der Waals surface area contributed by atoms with Crippen LogP contribution in [0, 0.1) is 20.2 Å². The molecule has 0 bridgehead atoms. The van der Waals surface area contributed by atoms with Gasteiger partial charge in [-0.15, -0.1) is 0 Å². The minimum absolute atomic E-state index is 0.0629. The quantitative estimate of drug-likeness (QED) is 0.535. The van der Waals surface area contributed by atoms with E-state index in [-0.39, 0.29) is 28.8 Å². The van der Waals surface area contributed by atoms with Crippen molar-refractivity contribution in [1.82, 2.24) is 10.3 Å². The summed E-state index contributed by atoms with van der Waals surface area (Å²) in [6, 6.07) is 9.06. The molecule has 1 aromatic heterocycles. The molecule has 0 aliphatic rings. The van der Waals surface area contributed by atoms with Crippen molar-refractivity contribution >= 4 is 22.4 Å². The third-order valence-electron chi connectivity index (χ3n) is 3.18. The van der Waals surface area contributed by atoms with E-state index in [1.807, 2.05) is 0 Å². The van der Waals surface area contributed by atoms with Gasteiger partial charge in [0.05, 0.1) is 9.85 Å². The Hall–Kier alpha value is -3.36. The van der Waals surface area contributed by atoms with Crippen LogP contribution in [0.4, 0.5) is 11.4 Å². The minimum atomic E-state index is -0.556. The van der Waals surface area contributed by atoms with Gasteiger partial charge < -0.3 is 0 Å². The standard InChI is InChI=1S/C13H8N4O5/c18-16(19)10-3-1-2-8(7-10)6-9-4-5-11-12(15-22-14-11)13(9)17(20)21/h1-5,7H,6H2. The van der Waals surface area contributed by atoms with E-state index in [0.29, 0.717) is 11.1 Å². The summed E-state index contributed by atoms with van der Waals surface area (Å²) >= 11 is 0. The zero-order valence-corrected chi connectivity index (χ0v) is 11.0. The van der Waals surface area contributed by atoms with Gasteiger partial charge in [0.25, 0.3) is 5.69 Å². The fourth-order valence-electron chi connectivity index (χ4n) is 2.23. The first-order valence-corrected chi connectivity index (χ1v) is 6.18. The summed E-state index contributed by atoms with van der Waals surface area (Å²) in [7, 11) is 0. The molecule has 0 saturated heterocycles. The van der Waals surface area contributed by atoms with E-state index in [1.54, 1.807) is 18.2 Å². The fraction of sp³-hybridized carbons (Fsp3) is 0.0769. The highest BCUT2D eigenvalue weighted by atomic mass is 16.6. The molecule has 0 N–H and O–H groups in total. The Balaban J connectivity index is 2.07. The average molecular weight is 300 g/mol. The first-order valence-electron chi connectivity index (χ1n) is 6.18. The predicted octanol–water partition coefficient (Wildman–Crippen LogP) is 2.63. The van der Waals surface area contributed by atoms with Crippen LogP contribution in [-0.2, 0) is 6.42 Å². The molecule has 2 aromatic carbocycles. The summed E-state index contributed by atoms with van der Waals surface area (Å²) < 4.78 is 4.52. The molecule has 110 valence electrons. The summed E-state index contributed by atoms with van der Waals surface area (Å²) in [5.74, 6) is 0. The van der Waals surface area contributed by atoms with Crippen LogP contribution in [0.15, 0.2) is 41.0 Å². The number of hydrogen-bond acceptors (Lipinski definition) is 7. The van der Waals surface area contributed by atoms with Crippen LogP contribution in [0.25, 0.3) is 11.0 Å². The fourth-order valence-corrected chi connectivity index (χ4v) is 2.23. The molecule has 3 rings (SSSR count). The van der Waals surface area contributed by atoms with Crippen LogP contribution in [0.5, 0.6) is 0 Å². The number of rotatable bonds is 4. The molecule has 9 heteroatoms. The Labute approximate surface area is 122 Å². The van der Waals surface area contributed by atoms with Gasteiger partial charge in [-0.05, 0) is 28.0 Å². The molecular formula is C13H8N4O5. The van der Waals surface area contributed by atoms with Gasteiger partial charge in [-0.1, -0.05) is 12.1 Å². The van der Waals surface area contributed by atoms with Gasteiger partial charge in [0.2, 0.25) is 5.52 Å². The molecule has 0 spiro atoms. The molecule has 1 heterocycles. The summed E-state index contributed by atoms with van der Waals surface area (Å²) in [4.78, 5) is 21.0. The normalized spacial score (nSPS) is 10.7. The van der Waals surface area contributed by atoms with E-state index >= 15 is 0 Å². The number of nitrogens with zero attached hydrogens (tertiary/aromatic N) is 4. The smallest absolute Gasteiger partial charge is 0.258 e. The van der Waals surface area contributed by atoms with Crippen LogP contribution in [0.2, 0.25) is 0 Å². The minimum Gasteiger partial charge on any atom is -0.258 e. The molecule has 0 radical (unpaired) electrons. The highest BCUT2D eigenvalue weighted by molar-refractivity contribution is 5.85. The maximum absolute atomic E-state index is 11.3. The van der Waals surface area contributed by atoms with Crippen molar-refractivity contribution in [3.8, 4) is 0 Å². The van der Waals surface area contributed by atoms with Gasteiger partial charge in [-0.3, -0.25) is 20.2 Å². The lowest BCUT2D eigenvalue weighted by molar-refractivity contribution is -0.385. The molecule has 0 aliphatic heterocycles. The van der Waals surface area contributed by atoms with Crippen molar-refractivity contribution in [2.45, 2.75) is 6.42 Å². The van der Waals surface area contributed by atoms with Crippen LogP contribution >= 0.6 is 0 Å². The zero-order chi connectivity index (χ0) is 15.7. The van der Waals surface area contributed by atoms with E-state index < -0.39 is 9.85 Å². The van der Waals surface area contributed by atoms with E-state index in [9.17, 15) is 20.2 Å². The van der Waals surface area contributed by atoms with Crippen LogP contribution < -0.4 is 0 Å². The van der Waals surface area contributed by atoms with E-state index in [0.717, 1.165) is 0 Å². The zero-order valence-electron chi connectivity index (χ0n) is 11.0. The van der Waals surface area contributed by atoms with Crippen molar-refractivity contribution in [3.05, 3.63) is 67.8 Å². The maximum Gasteiger partial charge on any atom is 0.304 e. The SMILES string of the molecule is O=[N+]([O-])c1cccc(Cc2ccc3nonc3c2[N+](=O)[O-])c1. The summed E-state index contributed by atoms with van der Waals surface area (Å²) in [5, 5.41) is 29.2. The Bertz CT molecular complexity index is 889. The van der Waals surface area contributed by atoms with Crippen LogP contribution in [-0.4, -0.2) is 20.2 Å². The Morgan fingerprint density at radius 2 is 1.86 bits per heavy atom. The van der Waals surface area contributed by atoms with Crippen LogP contribution in [0.1, 0.15) is 11.1 Å². The largest absolute Gasteiger partial charge is 0.304 e. The monoisotopic (exact) mass is 300 g/mol. The van der Waals surface area contributed by atoms with Gasteiger partial charge in [-0.25, -0.2) is 4.63 Å². The van der Waals surface area contributed by atoms with E-state index in [4.69, 9.17) is 0 Å². The molecule has 3 aromatic rings. The number of nitro benzene ring substituents is 2. The predicted molar refractivity (Wildman–Crippen MR) is 74.4 cm³/mol. The number of benzene rings is 2. The molecular weight excluding hydrogens is 292 g/mol. The molecule has 0 atom stereocenters. The molecule has 0 aliphatic carbocycles. The third kappa shape index (κ3) is 2.35. The maximum atomic E-state index is 11.3. The highest BCUT2D eigenvalue weighted by Crippen LogP contribution is 2.29. The summed E-state index contributed by atoms with van der Waals surface area (Å²) in [6.07, 6.45) is 0.167. The summed E-state index contributed by atoms with van der Waals surface area (Å²) in [5.41, 5.74) is 1.05. The molecule has 0 fully saturated rings. The van der Waals surface area contributed by atoms with Crippen molar-refractivity contribution in [1.29, 1.82) is 0 Å². The molecule has 0 saturated carbocycles. The average Bonchev–Trinajstić information content (AvgIpc) is 2.95. The number of nitro groups is 2. The number of aromatic nitrogens is 2. The molecule has 9 nitrogen and oxygen atoms in total. The van der Waals surface area contributed by atoms with E-state index in [2.05, 4.69) is 14.9 Å². The Morgan fingerprint density at radius 3 is 2.59 bits per heavy atom. The molecule has 22 heavy (non-hydrogen) atoms. The van der Waals surface area contributed by atoms with Gasteiger partial charge in [0.1, 0.15) is 5.52 Å². The second kappa shape index (κ2) is 5.20. The highest BCUT2D eigenvalue weighted by Gasteiger charge is 2.22. The number of non-ortho nitro benzene ring substituents is 1. The van der Waals surface area contributed by atoms with Crippen LogP contribution in [0.3, 0.4) is 0 Å². The topological polar surface area (TPSA) is 125 Å². The van der Waals surface area contributed by atoms with Crippen molar-refractivity contribution in [3.63, 3.8) is 0 Å². The number of fused-ring (bicyclic) bond motifs is 1. The van der Waals surface area contributed by atoms with E-state index in [1.165, 1.54) is 18.2 Å². The van der Waals surface area contributed by atoms with Crippen molar-refractivity contribution in [2.24, 2.45) is 0 Å². The third-order valence-corrected chi connectivity index (χ3v) is 3.18. The van der Waals surface area contributed by atoms with Crippen molar-refractivity contribution in [2.75, 3.05) is 0 Å². The Kier molecular flexibility index (Phi) is 3.22. The first kappa shape index (κ1) is 13.6. The second-order valence-corrected chi connectivity index (χ2v) is 4.57. The lowest BCUT2D eigenvalue weighted by atomic mass is 10.0. The van der Waals surface area contributed by atoms with Gasteiger partial charge >= 0.3 is 5.69 Å².